The maximum absolute atomic E-state index is 13.9. The molecule has 55 heavy (non-hydrogen) atoms. The van der Waals surface area contributed by atoms with Crippen molar-refractivity contribution in [2.75, 3.05) is 11.9 Å². The van der Waals surface area contributed by atoms with Gasteiger partial charge in [-0.2, -0.15) is 0 Å². The van der Waals surface area contributed by atoms with Crippen molar-refractivity contribution in [3.63, 3.8) is 0 Å². The maximum Gasteiger partial charge on any atom is 0.407 e. The predicted octanol–water partition coefficient (Wildman–Crippen LogP) is 7.12. The molecular formula is C43H51N5O7. The van der Waals surface area contributed by atoms with Gasteiger partial charge in [-0.1, -0.05) is 36.4 Å². The SMILES string of the molecule is Cc1cc(C(=O)NC2CCC2)ccc1-c1ccc(C[C@H](NC(=O)C2CCC(CNC(=O)OC(C)(C)C)CC2)C(=O)Nc2ccc3cc(C(=O)O)[nH]c3c2)cc1. The number of ether oxygens (including phenoxy) is 1. The number of aromatic amines is 1. The summed E-state index contributed by atoms with van der Waals surface area (Å²) in [6, 6.07) is 19.6. The van der Waals surface area contributed by atoms with E-state index in [1.54, 1.807) is 18.2 Å². The predicted molar refractivity (Wildman–Crippen MR) is 211 cm³/mol. The third-order valence-corrected chi connectivity index (χ3v) is 10.5. The highest BCUT2D eigenvalue weighted by molar-refractivity contribution is 6.00. The van der Waals surface area contributed by atoms with E-state index in [9.17, 15) is 29.1 Å². The highest BCUT2D eigenvalue weighted by Gasteiger charge is 2.30. The number of anilines is 1. The van der Waals surface area contributed by atoms with Crippen molar-refractivity contribution in [2.45, 2.75) is 96.7 Å². The molecule has 6 rings (SSSR count). The Morgan fingerprint density at radius 3 is 2.25 bits per heavy atom. The monoisotopic (exact) mass is 749 g/mol. The second kappa shape index (κ2) is 16.8. The van der Waals surface area contributed by atoms with Gasteiger partial charge in [0.25, 0.3) is 5.91 Å². The quantitative estimate of drug-likeness (QED) is 0.0893. The van der Waals surface area contributed by atoms with Crippen LogP contribution in [-0.2, 0) is 20.7 Å². The third kappa shape index (κ3) is 10.3. The zero-order chi connectivity index (χ0) is 39.3. The number of aromatic carboxylic acids is 1. The number of carboxylic acids is 1. The molecule has 3 aromatic carbocycles. The van der Waals surface area contributed by atoms with Gasteiger partial charge in [0.2, 0.25) is 11.8 Å². The van der Waals surface area contributed by atoms with E-state index < -0.39 is 29.6 Å². The molecule has 2 aliphatic carbocycles. The number of carboxylic acid groups (broad SMARTS) is 1. The first-order valence-electron chi connectivity index (χ1n) is 19.2. The number of aryl methyl sites for hydroxylation is 1. The van der Waals surface area contributed by atoms with Gasteiger partial charge in [0, 0.05) is 47.1 Å². The van der Waals surface area contributed by atoms with Crippen LogP contribution in [0.25, 0.3) is 22.0 Å². The number of carbonyl (C=O) groups is 5. The van der Waals surface area contributed by atoms with Crippen LogP contribution in [0.15, 0.2) is 66.7 Å². The van der Waals surface area contributed by atoms with Crippen molar-refractivity contribution >= 4 is 46.4 Å². The number of rotatable bonds is 12. The van der Waals surface area contributed by atoms with Crippen LogP contribution in [0.1, 0.15) is 97.7 Å². The number of carbonyl (C=O) groups excluding carboxylic acids is 4. The van der Waals surface area contributed by atoms with Gasteiger partial charge >= 0.3 is 12.1 Å². The number of aromatic nitrogens is 1. The molecule has 2 aliphatic rings. The molecule has 0 spiro atoms. The Morgan fingerprint density at radius 1 is 0.891 bits per heavy atom. The largest absolute Gasteiger partial charge is 0.477 e. The molecule has 1 heterocycles. The minimum atomic E-state index is -1.08. The minimum absolute atomic E-state index is 0.0444. The van der Waals surface area contributed by atoms with Gasteiger partial charge in [-0.05, 0) is 131 Å². The Morgan fingerprint density at radius 2 is 1.62 bits per heavy atom. The fourth-order valence-corrected chi connectivity index (χ4v) is 7.23. The molecule has 2 saturated carbocycles. The number of benzene rings is 3. The van der Waals surface area contributed by atoms with Crippen LogP contribution in [0.5, 0.6) is 0 Å². The van der Waals surface area contributed by atoms with Gasteiger partial charge in [-0.15, -0.1) is 0 Å². The molecule has 0 saturated heterocycles. The van der Waals surface area contributed by atoms with Crippen LogP contribution < -0.4 is 21.3 Å². The van der Waals surface area contributed by atoms with Gasteiger partial charge in [0.05, 0.1) is 0 Å². The summed E-state index contributed by atoms with van der Waals surface area (Å²) in [5.74, 6) is -1.78. The first-order valence-corrected chi connectivity index (χ1v) is 19.2. The third-order valence-electron chi connectivity index (χ3n) is 10.5. The first kappa shape index (κ1) is 39.1. The summed E-state index contributed by atoms with van der Waals surface area (Å²) in [4.78, 5) is 66.7. The minimum Gasteiger partial charge on any atom is -0.477 e. The standard InChI is InChI=1S/C43H51N5O7/c1-25-20-31(39(50)45-32-6-5-7-32)17-19-34(25)28-12-8-26(9-13-28)21-36(40(51)46-33-18-16-30-22-37(41(52)53)47-35(30)23-33)48-38(49)29-14-10-27(11-15-29)24-44-42(54)55-43(2,3)4/h8-9,12-13,16-20,22-23,27,29,32,36,47H,5-7,10-11,14-15,21,24H2,1-4H3,(H,44,54)(H,45,50)(H,46,51)(H,48,49)(H,52,53)/t27?,29?,36-/m0/s1. The van der Waals surface area contributed by atoms with Crippen LogP contribution in [-0.4, -0.2) is 64.1 Å². The van der Waals surface area contributed by atoms with Crippen LogP contribution in [0.2, 0.25) is 0 Å². The average Bonchev–Trinajstić information content (AvgIpc) is 3.56. The second-order valence-corrected chi connectivity index (χ2v) is 16.0. The van der Waals surface area contributed by atoms with Gasteiger partial charge in [-0.3, -0.25) is 14.4 Å². The molecule has 4 amide bonds. The van der Waals surface area contributed by atoms with Crippen molar-refractivity contribution in [1.82, 2.24) is 20.9 Å². The average molecular weight is 750 g/mol. The highest BCUT2D eigenvalue weighted by Crippen LogP contribution is 2.30. The van der Waals surface area contributed by atoms with Gasteiger partial charge < -0.3 is 36.1 Å². The van der Waals surface area contributed by atoms with E-state index in [-0.39, 0.29) is 41.8 Å². The Kier molecular flexibility index (Phi) is 11.9. The number of fused-ring (bicyclic) bond motifs is 1. The molecule has 12 nitrogen and oxygen atoms in total. The Bertz CT molecular complexity index is 2050. The highest BCUT2D eigenvalue weighted by atomic mass is 16.6. The molecule has 12 heteroatoms. The van der Waals surface area contributed by atoms with Gasteiger partial charge in [-0.25, -0.2) is 9.59 Å². The number of amides is 4. The lowest BCUT2D eigenvalue weighted by molar-refractivity contribution is -0.130. The van der Waals surface area contributed by atoms with Crippen molar-refractivity contribution in [3.05, 3.63) is 89.1 Å². The molecule has 0 aliphatic heterocycles. The van der Waals surface area contributed by atoms with E-state index >= 15 is 0 Å². The summed E-state index contributed by atoms with van der Waals surface area (Å²) < 4.78 is 5.35. The Labute approximate surface area is 321 Å². The molecule has 0 unspecified atom stereocenters. The fraction of sp³-hybridized carbons (Fsp3) is 0.419. The van der Waals surface area contributed by atoms with E-state index in [2.05, 4.69) is 26.3 Å². The molecule has 6 N–H and O–H groups in total. The molecule has 0 radical (unpaired) electrons. The summed E-state index contributed by atoms with van der Waals surface area (Å²) in [5, 5.41) is 22.0. The zero-order valence-corrected chi connectivity index (χ0v) is 31.9. The van der Waals surface area contributed by atoms with Crippen LogP contribution in [0, 0.1) is 18.8 Å². The van der Waals surface area contributed by atoms with E-state index in [1.807, 2.05) is 70.2 Å². The molecule has 1 atom stereocenters. The molecule has 290 valence electrons. The second-order valence-electron chi connectivity index (χ2n) is 16.0. The number of alkyl carbamates (subject to hydrolysis) is 1. The smallest absolute Gasteiger partial charge is 0.407 e. The Balaban J connectivity index is 1.13. The number of nitrogens with one attached hydrogen (secondary N) is 5. The number of hydrogen-bond donors (Lipinski definition) is 6. The van der Waals surface area contributed by atoms with Gasteiger partial charge in [0.15, 0.2) is 0 Å². The number of hydrogen-bond acceptors (Lipinski definition) is 6. The van der Waals surface area contributed by atoms with E-state index in [4.69, 9.17) is 4.74 Å². The lowest BCUT2D eigenvalue weighted by Crippen LogP contribution is -2.48. The Hall–Kier alpha value is -5.65. The van der Waals surface area contributed by atoms with E-state index in [1.165, 1.54) is 6.07 Å². The first-order chi connectivity index (χ1) is 26.2. The van der Waals surface area contributed by atoms with E-state index in [0.717, 1.165) is 54.4 Å². The topological polar surface area (TPSA) is 179 Å². The van der Waals surface area contributed by atoms with Crippen molar-refractivity contribution < 1.29 is 33.8 Å². The van der Waals surface area contributed by atoms with Crippen molar-refractivity contribution in [2.24, 2.45) is 11.8 Å². The zero-order valence-electron chi connectivity index (χ0n) is 31.9. The molecule has 0 bridgehead atoms. The fourth-order valence-electron chi connectivity index (χ4n) is 7.23. The maximum atomic E-state index is 13.9. The lowest BCUT2D eigenvalue weighted by Gasteiger charge is -2.29. The van der Waals surface area contributed by atoms with E-state index in [0.29, 0.717) is 41.5 Å². The van der Waals surface area contributed by atoms with Crippen LogP contribution in [0.4, 0.5) is 10.5 Å². The van der Waals surface area contributed by atoms with Crippen molar-refractivity contribution in [1.29, 1.82) is 0 Å². The molecule has 4 aromatic rings. The summed E-state index contributed by atoms with van der Waals surface area (Å²) in [5.41, 5.74) is 4.91. The summed E-state index contributed by atoms with van der Waals surface area (Å²) in [6.07, 6.45) is 5.75. The summed E-state index contributed by atoms with van der Waals surface area (Å²) >= 11 is 0. The number of H-pyrrole nitrogens is 1. The summed E-state index contributed by atoms with van der Waals surface area (Å²) in [6.45, 7) is 7.91. The van der Waals surface area contributed by atoms with Gasteiger partial charge in [0.1, 0.15) is 17.3 Å². The molecule has 1 aromatic heterocycles. The summed E-state index contributed by atoms with van der Waals surface area (Å²) in [7, 11) is 0. The normalized spacial score (nSPS) is 17.7. The lowest BCUT2D eigenvalue weighted by atomic mass is 9.81. The van der Waals surface area contributed by atoms with Crippen molar-refractivity contribution in [3.8, 4) is 11.1 Å². The molecule has 2 fully saturated rings. The van der Waals surface area contributed by atoms with Crippen LogP contribution >= 0.6 is 0 Å². The molecular weight excluding hydrogens is 699 g/mol. The van der Waals surface area contributed by atoms with Crippen LogP contribution in [0.3, 0.4) is 0 Å².